The van der Waals surface area contributed by atoms with Gasteiger partial charge in [-0.25, -0.2) is 4.79 Å². The Morgan fingerprint density at radius 1 is 1.17 bits per heavy atom. The molecule has 1 aromatic carbocycles. The molecule has 1 N–H and O–H groups in total. The molecular weight excluding hydrogens is 376 g/mol. The van der Waals surface area contributed by atoms with Crippen LogP contribution in [0, 0.1) is 11.3 Å². The van der Waals surface area contributed by atoms with E-state index >= 15 is 0 Å². The molecule has 0 aliphatic heterocycles. The van der Waals surface area contributed by atoms with Crippen molar-refractivity contribution >= 4 is 18.0 Å². The predicted molar refractivity (Wildman–Crippen MR) is 104 cm³/mol. The van der Waals surface area contributed by atoms with Crippen molar-refractivity contribution < 1.29 is 28.2 Å². The first kappa shape index (κ1) is 21.6. The third-order valence-corrected chi connectivity index (χ3v) is 3.60. The summed E-state index contributed by atoms with van der Waals surface area (Å²) in [5.74, 6) is 0.317. The SMILES string of the molecule is CCOC(=O)COc1ccc(/C=C(\C#N)C(=O)NCc2ccco2)cc1OCC. The summed E-state index contributed by atoms with van der Waals surface area (Å²) < 4.78 is 21.0. The molecule has 2 aromatic rings. The van der Waals surface area contributed by atoms with Crippen molar-refractivity contribution in [3.05, 3.63) is 53.5 Å². The smallest absolute Gasteiger partial charge is 0.344 e. The minimum absolute atomic E-state index is 0.0702. The number of ether oxygens (including phenoxy) is 3. The topological polar surface area (TPSA) is 111 Å². The molecule has 8 heteroatoms. The van der Waals surface area contributed by atoms with Crippen LogP contribution < -0.4 is 14.8 Å². The summed E-state index contributed by atoms with van der Waals surface area (Å²) in [6.45, 7) is 4.08. The van der Waals surface area contributed by atoms with Gasteiger partial charge in [0, 0.05) is 0 Å². The fourth-order valence-corrected chi connectivity index (χ4v) is 2.33. The number of amides is 1. The van der Waals surface area contributed by atoms with E-state index in [4.69, 9.17) is 18.6 Å². The zero-order chi connectivity index (χ0) is 21.1. The summed E-state index contributed by atoms with van der Waals surface area (Å²) >= 11 is 0. The molecular formula is C21H22N2O6. The minimum Gasteiger partial charge on any atom is -0.490 e. The van der Waals surface area contributed by atoms with E-state index in [1.807, 2.05) is 6.07 Å². The zero-order valence-corrected chi connectivity index (χ0v) is 16.3. The molecule has 0 aliphatic rings. The van der Waals surface area contributed by atoms with Crippen molar-refractivity contribution in [1.82, 2.24) is 5.32 Å². The molecule has 1 heterocycles. The first-order valence-corrected chi connectivity index (χ1v) is 9.05. The van der Waals surface area contributed by atoms with Gasteiger partial charge in [0.2, 0.25) is 0 Å². The lowest BCUT2D eigenvalue weighted by Crippen LogP contribution is -2.23. The van der Waals surface area contributed by atoms with Crippen molar-refractivity contribution in [2.45, 2.75) is 20.4 Å². The maximum atomic E-state index is 12.2. The number of furan rings is 1. The van der Waals surface area contributed by atoms with Gasteiger partial charge in [-0.2, -0.15) is 5.26 Å². The average Bonchev–Trinajstić information content (AvgIpc) is 3.23. The molecule has 152 valence electrons. The molecule has 0 unspecified atom stereocenters. The minimum atomic E-state index is -0.524. The third-order valence-electron chi connectivity index (χ3n) is 3.60. The Balaban J connectivity index is 2.12. The highest BCUT2D eigenvalue weighted by molar-refractivity contribution is 6.01. The van der Waals surface area contributed by atoms with E-state index in [1.165, 1.54) is 12.3 Å². The van der Waals surface area contributed by atoms with Crippen LogP contribution in [0.25, 0.3) is 6.08 Å². The second-order valence-electron chi connectivity index (χ2n) is 5.66. The van der Waals surface area contributed by atoms with Crippen molar-refractivity contribution in [2.24, 2.45) is 0 Å². The van der Waals surface area contributed by atoms with Gasteiger partial charge in [-0.05, 0) is 49.8 Å². The lowest BCUT2D eigenvalue weighted by molar-refractivity contribution is -0.145. The van der Waals surface area contributed by atoms with Gasteiger partial charge >= 0.3 is 5.97 Å². The average molecular weight is 398 g/mol. The van der Waals surface area contributed by atoms with E-state index in [1.54, 1.807) is 44.2 Å². The van der Waals surface area contributed by atoms with Crippen molar-refractivity contribution in [1.29, 1.82) is 5.26 Å². The van der Waals surface area contributed by atoms with Crippen LogP contribution in [-0.2, 0) is 20.9 Å². The van der Waals surface area contributed by atoms with Gasteiger partial charge in [-0.1, -0.05) is 6.07 Å². The van der Waals surface area contributed by atoms with Crippen molar-refractivity contribution in [3.8, 4) is 17.6 Å². The second-order valence-corrected chi connectivity index (χ2v) is 5.66. The zero-order valence-electron chi connectivity index (χ0n) is 16.3. The number of hydrogen-bond donors (Lipinski definition) is 1. The molecule has 0 radical (unpaired) electrons. The molecule has 0 bridgehead atoms. The standard InChI is InChI=1S/C21H22N2O6/c1-3-26-19-11-15(7-8-18(19)29-14-20(24)27-4-2)10-16(12-22)21(25)23-13-17-6-5-9-28-17/h5-11H,3-4,13-14H2,1-2H3,(H,23,25)/b16-10+. The number of benzene rings is 1. The molecule has 0 aliphatic carbocycles. The van der Waals surface area contributed by atoms with E-state index in [0.717, 1.165) is 0 Å². The monoisotopic (exact) mass is 398 g/mol. The van der Waals surface area contributed by atoms with Gasteiger partial charge in [-0.3, -0.25) is 4.79 Å². The highest BCUT2D eigenvalue weighted by atomic mass is 16.6. The van der Waals surface area contributed by atoms with E-state index < -0.39 is 11.9 Å². The molecule has 0 saturated heterocycles. The molecule has 0 saturated carbocycles. The lowest BCUT2D eigenvalue weighted by atomic mass is 10.1. The Morgan fingerprint density at radius 3 is 2.66 bits per heavy atom. The lowest BCUT2D eigenvalue weighted by Gasteiger charge is -2.12. The number of esters is 1. The van der Waals surface area contributed by atoms with Crippen LogP contribution in [0.1, 0.15) is 25.2 Å². The van der Waals surface area contributed by atoms with Crippen LogP contribution in [0.4, 0.5) is 0 Å². The Morgan fingerprint density at radius 2 is 2.00 bits per heavy atom. The molecule has 0 fully saturated rings. The van der Waals surface area contributed by atoms with Crippen LogP contribution in [0.3, 0.4) is 0 Å². The van der Waals surface area contributed by atoms with Gasteiger partial charge in [0.05, 0.1) is 26.0 Å². The Hall–Kier alpha value is -3.73. The normalized spacial score (nSPS) is 10.7. The number of carbonyl (C=O) groups excluding carboxylic acids is 2. The van der Waals surface area contributed by atoms with Crippen LogP contribution >= 0.6 is 0 Å². The van der Waals surface area contributed by atoms with E-state index in [2.05, 4.69) is 5.32 Å². The largest absolute Gasteiger partial charge is 0.490 e. The Bertz CT molecular complexity index is 896. The predicted octanol–water partition coefficient (Wildman–Crippen LogP) is 2.84. The first-order valence-electron chi connectivity index (χ1n) is 9.05. The summed E-state index contributed by atoms with van der Waals surface area (Å²) in [6, 6.07) is 10.2. The Kier molecular flexibility index (Phi) is 8.32. The number of nitrogens with one attached hydrogen (secondary N) is 1. The number of nitriles is 1. The van der Waals surface area contributed by atoms with Gasteiger partial charge in [0.25, 0.3) is 5.91 Å². The van der Waals surface area contributed by atoms with Crippen LogP contribution in [0.5, 0.6) is 11.5 Å². The molecule has 8 nitrogen and oxygen atoms in total. The second kappa shape index (κ2) is 11.2. The van der Waals surface area contributed by atoms with Gasteiger partial charge < -0.3 is 23.9 Å². The Labute approximate surface area is 168 Å². The number of rotatable bonds is 10. The third kappa shape index (κ3) is 6.74. The van der Waals surface area contributed by atoms with Crippen molar-refractivity contribution in [3.63, 3.8) is 0 Å². The van der Waals surface area contributed by atoms with Gasteiger partial charge in [-0.15, -0.1) is 0 Å². The van der Waals surface area contributed by atoms with E-state index in [-0.39, 0.29) is 25.3 Å². The number of carbonyl (C=O) groups is 2. The molecule has 0 atom stereocenters. The highest BCUT2D eigenvalue weighted by Gasteiger charge is 2.12. The fourth-order valence-electron chi connectivity index (χ4n) is 2.33. The van der Waals surface area contributed by atoms with Gasteiger partial charge in [0.15, 0.2) is 18.1 Å². The molecule has 29 heavy (non-hydrogen) atoms. The molecule has 0 spiro atoms. The summed E-state index contributed by atoms with van der Waals surface area (Å²) in [6.07, 6.45) is 2.94. The summed E-state index contributed by atoms with van der Waals surface area (Å²) in [5.41, 5.74) is 0.501. The highest BCUT2D eigenvalue weighted by Crippen LogP contribution is 2.29. The van der Waals surface area contributed by atoms with E-state index in [9.17, 15) is 14.9 Å². The molecule has 1 aromatic heterocycles. The van der Waals surface area contributed by atoms with E-state index in [0.29, 0.717) is 29.4 Å². The molecule has 1 amide bonds. The quantitative estimate of drug-likeness (QED) is 0.372. The molecule has 2 rings (SSSR count). The van der Waals surface area contributed by atoms with Crippen LogP contribution in [-0.4, -0.2) is 31.7 Å². The summed E-state index contributed by atoms with van der Waals surface area (Å²) in [7, 11) is 0. The number of nitrogens with zero attached hydrogens (tertiary/aromatic N) is 1. The maximum absolute atomic E-state index is 12.2. The van der Waals surface area contributed by atoms with Crippen LogP contribution in [0.15, 0.2) is 46.6 Å². The summed E-state index contributed by atoms with van der Waals surface area (Å²) in [4.78, 5) is 23.7. The van der Waals surface area contributed by atoms with Crippen LogP contribution in [0.2, 0.25) is 0 Å². The van der Waals surface area contributed by atoms with Crippen molar-refractivity contribution in [2.75, 3.05) is 19.8 Å². The summed E-state index contributed by atoms with van der Waals surface area (Å²) in [5, 5.41) is 11.9. The number of hydrogen-bond acceptors (Lipinski definition) is 7. The fraction of sp³-hybridized carbons (Fsp3) is 0.286. The maximum Gasteiger partial charge on any atom is 0.344 e. The van der Waals surface area contributed by atoms with Gasteiger partial charge in [0.1, 0.15) is 17.4 Å². The first-order chi connectivity index (χ1) is 14.1.